The van der Waals surface area contributed by atoms with E-state index in [0.717, 1.165) is 5.75 Å². The van der Waals surface area contributed by atoms with Crippen LogP contribution in [0.1, 0.15) is 12.5 Å². The molecule has 0 aliphatic rings. The minimum absolute atomic E-state index is 0.183. The first-order valence-corrected chi connectivity index (χ1v) is 6.40. The van der Waals surface area contributed by atoms with Gasteiger partial charge in [0, 0.05) is 5.56 Å². The van der Waals surface area contributed by atoms with Crippen molar-refractivity contribution in [3.63, 3.8) is 0 Å². The number of thioether (sulfide) groups is 1. The van der Waals surface area contributed by atoms with Crippen LogP contribution >= 0.6 is 11.8 Å². The van der Waals surface area contributed by atoms with Crippen LogP contribution in [0.3, 0.4) is 0 Å². The number of aromatic amines is 1. The topological polar surface area (TPSA) is 86.2 Å². The van der Waals surface area contributed by atoms with Crippen LogP contribution in [-0.2, 0) is 0 Å². The van der Waals surface area contributed by atoms with Crippen LogP contribution in [0.2, 0.25) is 0 Å². The zero-order chi connectivity index (χ0) is 12.8. The van der Waals surface area contributed by atoms with Crippen molar-refractivity contribution >= 4 is 23.9 Å². The third-order valence-electron chi connectivity index (χ3n) is 2.05. The highest BCUT2D eigenvalue weighted by atomic mass is 32.2. The first-order valence-electron chi connectivity index (χ1n) is 5.42. The van der Waals surface area contributed by atoms with Gasteiger partial charge in [0.1, 0.15) is 5.75 Å². The second-order valence-electron chi connectivity index (χ2n) is 3.33. The largest absolute Gasteiger partial charge is 0.507 e. The molecule has 2 aromatic rings. The van der Waals surface area contributed by atoms with E-state index >= 15 is 0 Å². The number of nitrogens with one attached hydrogen (secondary N) is 2. The lowest BCUT2D eigenvalue weighted by Crippen LogP contribution is -1.92. The van der Waals surface area contributed by atoms with Gasteiger partial charge >= 0.3 is 0 Å². The number of para-hydroxylation sites is 1. The number of phenolic OH excluding ortho intramolecular Hbond substituents is 1. The molecular formula is C11H13N5OS. The van der Waals surface area contributed by atoms with Crippen LogP contribution < -0.4 is 5.43 Å². The van der Waals surface area contributed by atoms with Crippen molar-refractivity contribution < 1.29 is 5.11 Å². The van der Waals surface area contributed by atoms with Crippen LogP contribution in [0, 0.1) is 0 Å². The Morgan fingerprint density at radius 2 is 2.33 bits per heavy atom. The molecule has 0 saturated carbocycles. The lowest BCUT2D eigenvalue weighted by Gasteiger charge is -1.96. The van der Waals surface area contributed by atoms with Gasteiger partial charge in [0.25, 0.3) is 0 Å². The maximum Gasteiger partial charge on any atom is 0.240 e. The van der Waals surface area contributed by atoms with Crippen LogP contribution in [0.25, 0.3) is 0 Å². The third-order valence-corrected chi connectivity index (χ3v) is 2.78. The van der Waals surface area contributed by atoms with Gasteiger partial charge in [-0.05, 0) is 17.9 Å². The Balaban J connectivity index is 1.96. The van der Waals surface area contributed by atoms with Gasteiger partial charge in [0.15, 0.2) is 0 Å². The van der Waals surface area contributed by atoms with Crippen molar-refractivity contribution in [3.8, 4) is 5.75 Å². The molecule has 0 aliphatic carbocycles. The molecule has 0 saturated heterocycles. The number of hydrazone groups is 1. The predicted octanol–water partition coefficient (Wildman–Crippen LogP) is 2.07. The van der Waals surface area contributed by atoms with Crippen molar-refractivity contribution in [1.29, 1.82) is 0 Å². The molecule has 18 heavy (non-hydrogen) atoms. The Morgan fingerprint density at radius 3 is 3.11 bits per heavy atom. The molecule has 0 spiro atoms. The third kappa shape index (κ3) is 3.24. The molecule has 0 radical (unpaired) electrons. The summed E-state index contributed by atoms with van der Waals surface area (Å²) in [6, 6.07) is 6.95. The fraction of sp³-hybridized carbons (Fsp3) is 0.182. The average Bonchev–Trinajstić information content (AvgIpc) is 2.80. The fourth-order valence-corrected chi connectivity index (χ4v) is 1.77. The van der Waals surface area contributed by atoms with Crippen molar-refractivity contribution in [2.45, 2.75) is 12.1 Å². The molecule has 7 heteroatoms. The summed E-state index contributed by atoms with van der Waals surface area (Å²) in [7, 11) is 0. The van der Waals surface area contributed by atoms with E-state index < -0.39 is 0 Å². The van der Waals surface area contributed by atoms with Gasteiger partial charge in [0.05, 0.1) is 6.21 Å². The predicted molar refractivity (Wildman–Crippen MR) is 72.1 cm³/mol. The number of rotatable bonds is 5. The summed E-state index contributed by atoms with van der Waals surface area (Å²) in [5.74, 6) is 1.57. The number of aromatic nitrogens is 3. The van der Waals surface area contributed by atoms with Crippen LogP contribution in [-0.4, -0.2) is 32.3 Å². The first kappa shape index (κ1) is 12.4. The molecule has 0 amide bonds. The minimum atomic E-state index is 0.183. The number of aromatic hydroxyl groups is 1. The number of benzene rings is 1. The van der Waals surface area contributed by atoms with Gasteiger partial charge in [-0.15, -0.1) is 5.10 Å². The lowest BCUT2D eigenvalue weighted by molar-refractivity contribution is 0.474. The number of phenols is 1. The number of hydrogen-bond donors (Lipinski definition) is 3. The van der Waals surface area contributed by atoms with Crippen LogP contribution in [0.15, 0.2) is 34.5 Å². The second-order valence-corrected chi connectivity index (χ2v) is 4.56. The van der Waals surface area contributed by atoms with E-state index in [1.54, 1.807) is 30.0 Å². The second kappa shape index (κ2) is 6.06. The molecule has 0 fully saturated rings. The van der Waals surface area contributed by atoms with Gasteiger partial charge in [0.2, 0.25) is 11.1 Å². The highest BCUT2D eigenvalue weighted by molar-refractivity contribution is 7.99. The summed E-state index contributed by atoms with van der Waals surface area (Å²) in [4.78, 5) is 4.16. The van der Waals surface area contributed by atoms with E-state index in [1.165, 1.54) is 6.21 Å². The van der Waals surface area contributed by atoms with Crippen LogP contribution in [0.4, 0.5) is 5.95 Å². The average molecular weight is 263 g/mol. The molecule has 0 aliphatic heterocycles. The molecular weight excluding hydrogens is 250 g/mol. The van der Waals surface area contributed by atoms with Gasteiger partial charge in [-0.3, -0.25) is 0 Å². The molecule has 0 bridgehead atoms. The van der Waals surface area contributed by atoms with Crippen molar-refractivity contribution in [1.82, 2.24) is 15.2 Å². The van der Waals surface area contributed by atoms with Gasteiger partial charge in [-0.25, -0.2) is 10.5 Å². The Morgan fingerprint density at radius 1 is 1.50 bits per heavy atom. The molecule has 0 unspecified atom stereocenters. The SMILES string of the molecule is CCSc1n[nH]c(N/N=C/c2ccccc2O)n1. The van der Waals surface area contributed by atoms with Crippen molar-refractivity contribution in [3.05, 3.63) is 29.8 Å². The molecule has 1 heterocycles. The Kier molecular flexibility index (Phi) is 4.19. The quantitative estimate of drug-likeness (QED) is 0.437. The van der Waals surface area contributed by atoms with Crippen LogP contribution in [0.5, 0.6) is 5.75 Å². The summed E-state index contributed by atoms with van der Waals surface area (Å²) in [5.41, 5.74) is 3.35. The van der Waals surface area contributed by atoms with Gasteiger partial charge in [-0.1, -0.05) is 30.8 Å². The smallest absolute Gasteiger partial charge is 0.240 e. The minimum Gasteiger partial charge on any atom is -0.507 e. The number of H-pyrrole nitrogens is 1. The fourth-order valence-electron chi connectivity index (χ4n) is 1.25. The first-order chi connectivity index (χ1) is 8.79. The van der Waals surface area contributed by atoms with Gasteiger partial charge < -0.3 is 5.11 Å². The standard InChI is InChI=1S/C11H13N5OS/c1-2-18-11-13-10(15-16-11)14-12-7-8-5-3-4-6-9(8)17/h3-7,17H,2H2,1H3,(H2,13,14,15,16)/b12-7+. The summed E-state index contributed by atoms with van der Waals surface area (Å²) in [6.07, 6.45) is 1.52. The van der Waals surface area contributed by atoms with E-state index in [0.29, 0.717) is 16.7 Å². The van der Waals surface area contributed by atoms with E-state index in [1.807, 2.05) is 13.0 Å². The molecule has 6 nitrogen and oxygen atoms in total. The summed E-state index contributed by atoms with van der Waals surface area (Å²) >= 11 is 1.54. The number of anilines is 1. The van der Waals surface area contributed by atoms with E-state index in [4.69, 9.17) is 0 Å². The summed E-state index contributed by atoms with van der Waals surface area (Å²) in [6.45, 7) is 2.03. The number of nitrogens with zero attached hydrogens (tertiary/aromatic N) is 3. The molecule has 1 aromatic heterocycles. The summed E-state index contributed by atoms with van der Waals surface area (Å²) in [5, 5.41) is 20.9. The maximum absolute atomic E-state index is 9.52. The Hall–Kier alpha value is -2.02. The van der Waals surface area contributed by atoms with E-state index in [2.05, 4.69) is 25.7 Å². The molecule has 94 valence electrons. The normalized spacial score (nSPS) is 10.9. The zero-order valence-corrected chi connectivity index (χ0v) is 10.6. The molecule has 3 N–H and O–H groups in total. The molecule has 0 atom stereocenters. The molecule has 2 rings (SSSR count). The highest BCUT2D eigenvalue weighted by Gasteiger charge is 2.00. The highest BCUT2D eigenvalue weighted by Crippen LogP contribution is 2.14. The maximum atomic E-state index is 9.52. The monoisotopic (exact) mass is 263 g/mol. The number of hydrogen-bond acceptors (Lipinski definition) is 6. The van der Waals surface area contributed by atoms with Crippen molar-refractivity contribution in [2.75, 3.05) is 11.2 Å². The van der Waals surface area contributed by atoms with Gasteiger partial charge in [-0.2, -0.15) is 10.1 Å². The zero-order valence-electron chi connectivity index (χ0n) is 9.79. The Labute approximate surface area is 109 Å². The lowest BCUT2D eigenvalue weighted by atomic mass is 10.2. The summed E-state index contributed by atoms with van der Waals surface area (Å²) < 4.78 is 0. The molecule has 1 aromatic carbocycles. The van der Waals surface area contributed by atoms with E-state index in [-0.39, 0.29) is 5.75 Å². The van der Waals surface area contributed by atoms with E-state index in [9.17, 15) is 5.11 Å². The Bertz CT molecular complexity index is 540. The van der Waals surface area contributed by atoms with Crippen molar-refractivity contribution in [2.24, 2.45) is 5.10 Å².